The number of halogens is 1. The zero-order valence-corrected chi connectivity index (χ0v) is 12.2. The molecule has 1 aromatic carbocycles. The Bertz CT molecular complexity index is 405. The Kier molecular flexibility index (Phi) is 4.78. The van der Waals surface area contributed by atoms with E-state index in [9.17, 15) is 4.79 Å². The van der Waals surface area contributed by atoms with Crippen molar-refractivity contribution in [1.82, 2.24) is 10.2 Å². The Morgan fingerprint density at radius 2 is 2.17 bits per heavy atom. The fraction of sp³-hybridized carbons (Fsp3) is 0.500. The number of nitrogens with zero attached hydrogens (tertiary/aromatic N) is 1. The molecule has 1 atom stereocenters. The molecule has 1 amide bonds. The molecule has 0 radical (unpaired) electrons. The highest BCUT2D eigenvalue weighted by molar-refractivity contribution is 9.10. The minimum Gasteiger partial charge on any atom is -0.348 e. The highest BCUT2D eigenvalue weighted by Crippen LogP contribution is 2.13. The van der Waals surface area contributed by atoms with E-state index in [0.717, 1.165) is 36.1 Å². The highest BCUT2D eigenvalue weighted by atomic mass is 79.9. The molecule has 3 nitrogen and oxygen atoms in total. The van der Waals surface area contributed by atoms with Gasteiger partial charge >= 0.3 is 0 Å². The van der Waals surface area contributed by atoms with Crippen LogP contribution in [0.4, 0.5) is 0 Å². The molecule has 0 spiro atoms. The van der Waals surface area contributed by atoms with Crippen molar-refractivity contribution >= 4 is 21.8 Å². The number of amides is 1. The molecule has 0 saturated carbocycles. The molecule has 18 heavy (non-hydrogen) atoms. The maximum absolute atomic E-state index is 12.1. The average Bonchev–Trinajstić information content (AvgIpc) is 2.39. The summed E-state index contributed by atoms with van der Waals surface area (Å²) in [7, 11) is 0. The van der Waals surface area contributed by atoms with Gasteiger partial charge in [-0.15, -0.1) is 0 Å². The number of likely N-dealkylation sites (N-methyl/N-ethyl adjacent to an activating group) is 1. The number of benzene rings is 1. The zero-order chi connectivity index (χ0) is 13.0. The first-order valence-electron chi connectivity index (χ1n) is 6.48. The summed E-state index contributed by atoms with van der Waals surface area (Å²) in [4.78, 5) is 14.5. The molecule has 1 unspecified atom stereocenters. The zero-order valence-electron chi connectivity index (χ0n) is 10.7. The third-order valence-corrected chi connectivity index (χ3v) is 3.92. The molecule has 1 N–H and O–H groups in total. The molecule has 1 heterocycles. The number of carbonyl (C=O) groups excluding carboxylic acids is 1. The number of rotatable bonds is 3. The molecule has 0 bridgehead atoms. The predicted molar refractivity (Wildman–Crippen MR) is 76.7 cm³/mol. The van der Waals surface area contributed by atoms with E-state index in [1.807, 2.05) is 24.3 Å². The topological polar surface area (TPSA) is 32.3 Å². The first kappa shape index (κ1) is 13.6. The molecule has 98 valence electrons. The summed E-state index contributed by atoms with van der Waals surface area (Å²) in [6, 6.07) is 7.77. The summed E-state index contributed by atoms with van der Waals surface area (Å²) in [5.41, 5.74) is 0.729. The summed E-state index contributed by atoms with van der Waals surface area (Å²) in [6.07, 6.45) is 2.25. The van der Waals surface area contributed by atoms with E-state index >= 15 is 0 Å². The lowest BCUT2D eigenvalue weighted by Gasteiger charge is -2.32. The van der Waals surface area contributed by atoms with Crippen molar-refractivity contribution in [2.75, 3.05) is 19.6 Å². The van der Waals surface area contributed by atoms with Crippen molar-refractivity contribution in [2.24, 2.45) is 0 Å². The van der Waals surface area contributed by atoms with Crippen LogP contribution in [0.25, 0.3) is 0 Å². The molecule has 1 aliphatic heterocycles. The normalized spacial score (nSPS) is 20.7. The summed E-state index contributed by atoms with van der Waals surface area (Å²) in [5.74, 6) is 0.0328. The second-order valence-electron chi connectivity index (χ2n) is 4.71. The van der Waals surface area contributed by atoms with E-state index in [1.165, 1.54) is 6.42 Å². The van der Waals surface area contributed by atoms with Crippen LogP contribution >= 0.6 is 15.9 Å². The molecule has 0 aromatic heterocycles. The van der Waals surface area contributed by atoms with Gasteiger partial charge in [0.1, 0.15) is 0 Å². The number of nitrogens with one attached hydrogen (secondary N) is 1. The van der Waals surface area contributed by atoms with Gasteiger partial charge < -0.3 is 10.2 Å². The molecular weight excluding hydrogens is 292 g/mol. The third kappa shape index (κ3) is 3.56. The Morgan fingerprint density at radius 1 is 1.44 bits per heavy atom. The largest absolute Gasteiger partial charge is 0.348 e. The van der Waals surface area contributed by atoms with E-state index in [4.69, 9.17) is 0 Å². The van der Waals surface area contributed by atoms with Crippen LogP contribution in [0.15, 0.2) is 28.7 Å². The van der Waals surface area contributed by atoms with Crippen LogP contribution in [0.5, 0.6) is 0 Å². The first-order valence-corrected chi connectivity index (χ1v) is 7.27. The Hall–Kier alpha value is -0.870. The average molecular weight is 311 g/mol. The number of hydrogen-bond acceptors (Lipinski definition) is 2. The van der Waals surface area contributed by atoms with Gasteiger partial charge in [-0.05, 0) is 50.2 Å². The minimum atomic E-state index is 0.0328. The van der Waals surface area contributed by atoms with Gasteiger partial charge in [0.05, 0.1) is 0 Å². The van der Waals surface area contributed by atoms with E-state index in [1.54, 1.807) is 0 Å². The second kappa shape index (κ2) is 6.34. The van der Waals surface area contributed by atoms with Crippen LogP contribution in [0, 0.1) is 0 Å². The summed E-state index contributed by atoms with van der Waals surface area (Å²) < 4.78 is 0.994. The van der Waals surface area contributed by atoms with Crippen LogP contribution in [0.2, 0.25) is 0 Å². The molecule has 0 aliphatic carbocycles. The minimum absolute atomic E-state index is 0.0328. The van der Waals surface area contributed by atoms with Gasteiger partial charge in [0, 0.05) is 22.6 Å². The highest BCUT2D eigenvalue weighted by Gasteiger charge is 2.20. The molecule has 1 aliphatic rings. The van der Waals surface area contributed by atoms with Crippen LogP contribution in [0.1, 0.15) is 30.1 Å². The monoisotopic (exact) mass is 310 g/mol. The van der Waals surface area contributed by atoms with Crippen molar-refractivity contribution in [3.8, 4) is 0 Å². The van der Waals surface area contributed by atoms with Crippen molar-refractivity contribution in [3.05, 3.63) is 34.3 Å². The van der Waals surface area contributed by atoms with Gasteiger partial charge in [0.25, 0.3) is 5.91 Å². The molecule has 4 heteroatoms. The third-order valence-electron chi connectivity index (χ3n) is 3.39. The van der Waals surface area contributed by atoms with Gasteiger partial charge in [0.15, 0.2) is 0 Å². The standard InChI is InChI=1S/C14H19BrN2O/c1-2-17-9-3-4-13(10-17)16-14(18)11-5-7-12(15)8-6-11/h5-8,13H,2-4,9-10H2,1H3,(H,16,18). The van der Waals surface area contributed by atoms with E-state index in [2.05, 4.69) is 33.1 Å². The van der Waals surface area contributed by atoms with Gasteiger partial charge in [-0.25, -0.2) is 0 Å². The number of hydrogen-bond donors (Lipinski definition) is 1. The fourth-order valence-electron chi connectivity index (χ4n) is 2.33. The SMILES string of the molecule is CCN1CCCC(NC(=O)c2ccc(Br)cc2)C1. The van der Waals surface area contributed by atoms with Crippen molar-refractivity contribution in [2.45, 2.75) is 25.8 Å². The molecule has 1 saturated heterocycles. The Morgan fingerprint density at radius 3 is 2.83 bits per heavy atom. The Labute approximate surface area is 117 Å². The van der Waals surface area contributed by atoms with Crippen LogP contribution in [-0.2, 0) is 0 Å². The number of piperidine rings is 1. The molecule has 1 fully saturated rings. The smallest absolute Gasteiger partial charge is 0.251 e. The van der Waals surface area contributed by atoms with Gasteiger partial charge in [0.2, 0.25) is 0 Å². The lowest BCUT2D eigenvalue weighted by Crippen LogP contribution is -2.47. The van der Waals surface area contributed by atoms with E-state index in [-0.39, 0.29) is 11.9 Å². The quantitative estimate of drug-likeness (QED) is 0.931. The second-order valence-corrected chi connectivity index (χ2v) is 5.63. The lowest BCUT2D eigenvalue weighted by atomic mass is 10.1. The first-order chi connectivity index (χ1) is 8.69. The van der Waals surface area contributed by atoms with Crippen molar-refractivity contribution in [3.63, 3.8) is 0 Å². The van der Waals surface area contributed by atoms with Gasteiger partial charge in [-0.2, -0.15) is 0 Å². The van der Waals surface area contributed by atoms with Crippen LogP contribution in [-0.4, -0.2) is 36.5 Å². The maximum Gasteiger partial charge on any atom is 0.251 e. The van der Waals surface area contributed by atoms with Gasteiger partial charge in [-0.1, -0.05) is 22.9 Å². The number of carbonyl (C=O) groups is 1. The summed E-state index contributed by atoms with van der Waals surface area (Å²) in [5, 5.41) is 3.12. The van der Waals surface area contributed by atoms with Crippen molar-refractivity contribution < 1.29 is 4.79 Å². The van der Waals surface area contributed by atoms with Crippen LogP contribution < -0.4 is 5.32 Å². The summed E-state index contributed by atoms with van der Waals surface area (Å²) >= 11 is 3.37. The number of likely N-dealkylation sites (tertiary alicyclic amines) is 1. The maximum atomic E-state index is 12.1. The molecule has 1 aromatic rings. The predicted octanol–water partition coefficient (Wildman–Crippen LogP) is 2.66. The molecule has 2 rings (SSSR count). The Balaban J connectivity index is 1.92. The molecular formula is C14H19BrN2O. The van der Waals surface area contributed by atoms with Crippen LogP contribution in [0.3, 0.4) is 0 Å². The van der Waals surface area contributed by atoms with E-state index < -0.39 is 0 Å². The fourth-order valence-corrected chi connectivity index (χ4v) is 2.59. The van der Waals surface area contributed by atoms with Crippen molar-refractivity contribution in [1.29, 1.82) is 0 Å². The lowest BCUT2D eigenvalue weighted by molar-refractivity contribution is 0.0906. The van der Waals surface area contributed by atoms with Gasteiger partial charge in [-0.3, -0.25) is 4.79 Å². The van der Waals surface area contributed by atoms with E-state index in [0.29, 0.717) is 0 Å². The summed E-state index contributed by atoms with van der Waals surface area (Å²) in [6.45, 7) is 5.35.